The number of ether oxygens (including phenoxy) is 2. The van der Waals surface area contributed by atoms with E-state index in [9.17, 15) is 4.79 Å². The van der Waals surface area contributed by atoms with Crippen molar-refractivity contribution in [3.8, 4) is 22.8 Å². The highest BCUT2D eigenvalue weighted by molar-refractivity contribution is 6.30. The van der Waals surface area contributed by atoms with E-state index in [1.807, 2.05) is 68.1 Å². The van der Waals surface area contributed by atoms with Crippen LogP contribution in [0.2, 0.25) is 5.02 Å². The van der Waals surface area contributed by atoms with Crippen LogP contribution in [0.3, 0.4) is 0 Å². The zero-order chi connectivity index (χ0) is 21.6. The summed E-state index contributed by atoms with van der Waals surface area (Å²) in [6.07, 6.45) is 0. The van der Waals surface area contributed by atoms with Crippen LogP contribution in [0.25, 0.3) is 11.3 Å². The molecule has 6 nitrogen and oxygen atoms in total. The molecule has 1 amide bonds. The van der Waals surface area contributed by atoms with Crippen LogP contribution in [-0.2, 0) is 0 Å². The van der Waals surface area contributed by atoms with Gasteiger partial charge in [-0.3, -0.25) is 9.89 Å². The van der Waals surface area contributed by atoms with Gasteiger partial charge in [-0.25, -0.2) is 0 Å². The first kappa shape index (κ1) is 20.3. The summed E-state index contributed by atoms with van der Waals surface area (Å²) in [6, 6.07) is 12.9. The molecular weight excluding hydrogens is 402 g/mol. The lowest BCUT2D eigenvalue weighted by Gasteiger charge is -2.38. The quantitative estimate of drug-likeness (QED) is 0.632. The Bertz CT molecular complexity index is 1100. The standard InChI is InChI=1S/C23H24ClN3O3/c1-23(2,3)27-21(14-8-11-16(29-4)17(12-14)30-5)18-19(25-26-20(18)22(27)28)13-6-9-15(24)10-7-13/h6-12,21H,1-5H3,(H,25,26). The monoisotopic (exact) mass is 425 g/mol. The molecule has 1 atom stereocenters. The number of methoxy groups -OCH3 is 2. The fourth-order valence-corrected chi connectivity index (χ4v) is 4.13. The van der Waals surface area contributed by atoms with E-state index < -0.39 is 5.54 Å². The predicted molar refractivity (Wildman–Crippen MR) is 116 cm³/mol. The molecule has 4 rings (SSSR count). The highest BCUT2D eigenvalue weighted by Gasteiger charge is 2.46. The van der Waals surface area contributed by atoms with Crippen LogP contribution >= 0.6 is 11.6 Å². The molecule has 2 aromatic carbocycles. The van der Waals surface area contributed by atoms with E-state index >= 15 is 0 Å². The fourth-order valence-electron chi connectivity index (χ4n) is 4.01. The molecule has 3 aromatic rings. The number of hydrogen-bond acceptors (Lipinski definition) is 4. The molecule has 30 heavy (non-hydrogen) atoms. The van der Waals surface area contributed by atoms with Crippen molar-refractivity contribution in [1.29, 1.82) is 0 Å². The molecular formula is C23H24ClN3O3. The van der Waals surface area contributed by atoms with E-state index in [1.165, 1.54) is 0 Å². The van der Waals surface area contributed by atoms with Gasteiger partial charge < -0.3 is 14.4 Å². The van der Waals surface area contributed by atoms with Crippen molar-refractivity contribution < 1.29 is 14.3 Å². The number of nitrogens with one attached hydrogen (secondary N) is 1. The normalized spacial score (nSPS) is 16.0. The first-order valence-electron chi connectivity index (χ1n) is 9.66. The number of carbonyl (C=O) groups excluding carboxylic acids is 1. The molecule has 2 heterocycles. The lowest BCUT2D eigenvalue weighted by Crippen LogP contribution is -2.44. The van der Waals surface area contributed by atoms with Gasteiger partial charge in [0.15, 0.2) is 11.5 Å². The average molecular weight is 426 g/mol. The molecule has 0 bridgehead atoms. The number of fused-ring (bicyclic) bond motifs is 1. The number of nitrogens with zero attached hydrogens (tertiary/aromatic N) is 2. The van der Waals surface area contributed by atoms with Crippen LogP contribution in [0, 0.1) is 0 Å². The number of benzene rings is 2. The minimum atomic E-state index is -0.411. The van der Waals surface area contributed by atoms with Gasteiger partial charge in [-0.05, 0) is 50.6 Å². The Hall–Kier alpha value is -2.99. The van der Waals surface area contributed by atoms with Gasteiger partial charge in [0.05, 0.1) is 26.0 Å². The van der Waals surface area contributed by atoms with Crippen LogP contribution in [0.15, 0.2) is 42.5 Å². The highest BCUT2D eigenvalue weighted by atomic mass is 35.5. The Kier molecular flexibility index (Phi) is 4.98. The second-order valence-corrected chi connectivity index (χ2v) is 8.67. The maximum atomic E-state index is 13.4. The van der Waals surface area contributed by atoms with Crippen LogP contribution in [0.1, 0.15) is 48.4 Å². The van der Waals surface area contributed by atoms with Gasteiger partial charge in [0, 0.05) is 21.7 Å². The lowest BCUT2D eigenvalue weighted by molar-refractivity contribution is 0.0545. The minimum Gasteiger partial charge on any atom is -0.493 e. The Balaban J connectivity index is 1.93. The van der Waals surface area contributed by atoms with E-state index in [4.69, 9.17) is 21.1 Å². The van der Waals surface area contributed by atoms with Crippen molar-refractivity contribution in [2.75, 3.05) is 14.2 Å². The van der Waals surface area contributed by atoms with Gasteiger partial charge in [0.2, 0.25) is 0 Å². The first-order chi connectivity index (χ1) is 14.3. The SMILES string of the molecule is COc1ccc(C2c3c(-c4ccc(Cl)cc4)n[nH]c3C(=O)N2C(C)(C)C)cc1OC. The Morgan fingerprint density at radius 2 is 1.70 bits per heavy atom. The van der Waals surface area contributed by atoms with E-state index in [1.54, 1.807) is 14.2 Å². The average Bonchev–Trinajstić information content (AvgIpc) is 3.27. The predicted octanol–water partition coefficient (Wildman–Crippen LogP) is 5.09. The number of rotatable bonds is 4. The second-order valence-electron chi connectivity index (χ2n) is 8.23. The van der Waals surface area contributed by atoms with Gasteiger partial charge in [-0.2, -0.15) is 5.10 Å². The molecule has 1 aliphatic heterocycles. The van der Waals surface area contributed by atoms with Crippen molar-refractivity contribution >= 4 is 17.5 Å². The van der Waals surface area contributed by atoms with Gasteiger partial charge in [-0.1, -0.05) is 29.8 Å². The van der Waals surface area contributed by atoms with Crippen LogP contribution < -0.4 is 9.47 Å². The summed E-state index contributed by atoms with van der Waals surface area (Å²) in [7, 11) is 3.20. The first-order valence-corrected chi connectivity index (χ1v) is 10.0. The number of H-pyrrole nitrogens is 1. The number of aromatic amines is 1. The van der Waals surface area contributed by atoms with Crippen LogP contribution in [0.5, 0.6) is 11.5 Å². The summed E-state index contributed by atoms with van der Waals surface area (Å²) in [5.74, 6) is 1.17. The molecule has 156 valence electrons. The van der Waals surface area contributed by atoms with Crippen molar-refractivity contribution in [3.63, 3.8) is 0 Å². The summed E-state index contributed by atoms with van der Waals surface area (Å²) in [5, 5.41) is 8.11. The summed E-state index contributed by atoms with van der Waals surface area (Å²) in [5.41, 5.74) is 3.50. The van der Waals surface area contributed by atoms with E-state index in [0.717, 1.165) is 22.4 Å². The molecule has 0 saturated heterocycles. The number of halogens is 1. The summed E-state index contributed by atoms with van der Waals surface area (Å²) in [4.78, 5) is 15.3. The van der Waals surface area contributed by atoms with Gasteiger partial charge in [-0.15, -0.1) is 0 Å². The van der Waals surface area contributed by atoms with Crippen molar-refractivity contribution in [2.24, 2.45) is 0 Å². The largest absolute Gasteiger partial charge is 0.493 e. The zero-order valence-electron chi connectivity index (χ0n) is 17.6. The molecule has 1 aromatic heterocycles. The molecule has 1 aliphatic rings. The van der Waals surface area contributed by atoms with Crippen LogP contribution in [0.4, 0.5) is 0 Å². The Morgan fingerprint density at radius 1 is 1.03 bits per heavy atom. The van der Waals surface area contributed by atoms with Crippen molar-refractivity contribution in [3.05, 3.63) is 64.3 Å². The Morgan fingerprint density at radius 3 is 2.30 bits per heavy atom. The van der Waals surface area contributed by atoms with Crippen molar-refractivity contribution in [2.45, 2.75) is 32.4 Å². The number of amides is 1. The number of carbonyl (C=O) groups is 1. The lowest BCUT2D eigenvalue weighted by atomic mass is 9.93. The van der Waals surface area contributed by atoms with Gasteiger partial charge in [0.25, 0.3) is 5.91 Å². The van der Waals surface area contributed by atoms with Crippen molar-refractivity contribution in [1.82, 2.24) is 15.1 Å². The number of aromatic nitrogens is 2. The smallest absolute Gasteiger partial charge is 0.273 e. The third-order valence-corrected chi connectivity index (χ3v) is 5.58. The molecule has 0 fully saturated rings. The molecule has 7 heteroatoms. The zero-order valence-corrected chi connectivity index (χ0v) is 18.4. The topological polar surface area (TPSA) is 67.5 Å². The summed E-state index contributed by atoms with van der Waals surface area (Å²) >= 11 is 6.07. The van der Waals surface area contributed by atoms with Crippen LogP contribution in [-0.4, -0.2) is 40.8 Å². The molecule has 0 aliphatic carbocycles. The maximum absolute atomic E-state index is 13.4. The molecule has 0 spiro atoms. The third-order valence-electron chi connectivity index (χ3n) is 5.33. The van der Waals surface area contributed by atoms with E-state index in [0.29, 0.717) is 22.2 Å². The molecule has 1 unspecified atom stereocenters. The van der Waals surface area contributed by atoms with E-state index in [-0.39, 0.29) is 11.9 Å². The molecule has 0 radical (unpaired) electrons. The summed E-state index contributed by atoms with van der Waals surface area (Å²) in [6.45, 7) is 6.08. The van der Waals surface area contributed by atoms with Gasteiger partial charge >= 0.3 is 0 Å². The molecule has 0 saturated carbocycles. The van der Waals surface area contributed by atoms with Gasteiger partial charge in [0.1, 0.15) is 5.69 Å². The summed E-state index contributed by atoms with van der Waals surface area (Å²) < 4.78 is 10.9. The fraction of sp³-hybridized carbons (Fsp3) is 0.304. The maximum Gasteiger partial charge on any atom is 0.273 e. The number of hydrogen-bond donors (Lipinski definition) is 1. The second kappa shape index (κ2) is 7.36. The molecule has 1 N–H and O–H groups in total. The highest BCUT2D eigenvalue weighted by Crippen LogP contribution is 2.47. The third kappa shape index (κ3) is 3.21. The van der Waals surface area contributed by atoms with E-state index in [2.05, 4.69) is 10.2 Å². The Labute approximate surface area is 180 Å². The minimum absolute atomic E-state index is 0.0787.